The first-order valence-electron chi connectivity index (χ1n) is 12.0. The van der Waals surface area contributed by atoms with E-state index in [1.165, 1.54) is 25.9 Å². The third kappa shape index (κ3) is 5.92. The van der Waals surface area contributed by atoms with Crippen molar-refractivity contribution in [1.29, 1.82) is 0 Å². The number of amides is 1. The molecule has 2 aromatic rings. The molecule has 1 aromatic carbocycles. The van der Waals surface area contributed by atoms with Crippen LogP contribution >= 0.6 is 11.8 Å². The zero-order chi connectivity index (χ0) is 23.3. The van der Waals surface area contributed by atoms with E-state index in [0.717, 1.165) is 53.3 Å². The highest BCUT2D eigenvalue weighted by molar-refractivity contribution is 8.13. The fourth-order valence-corrected chi connectivity index (χ4v) is 4.96. The maximum atomic E-state index is 12.0. The van der Waals surface area contributed by atoms with Crippen LogP contribution in [0.5, 0.6) is 0 Å². The van der Waals surface area contributed by atoms with Gasteiger partial charge >= 0.3 is 0 Å². The molecule has 0 bridgehead atoms. The lowest BCUT2D eigenvalue weighted by Crippen LogP contribution is -2.43. The van der Waals surface area contributed by atoms with Crippen LogP contribution in [0.1, 0.15) is 25.7 Å². The SMILES string of the molecule is CN1C(Sc2ccc(NC(=O)C3CC3)cc2)=NC(NCCN2CCCC2)=CC1Nc1ccn[nH]1. The first kappa shape index (κ1) is 22.8. The number of aromatic nitrogens is 2. The smallest absolute Gasteiger partial charge is 0.227 e. The summed E-state index contributed by atoms with van der Waals surface area (Å²) in [6.07, 6.45) is 8.36. The predicted octanol–water partition coefficient (Wildman–Crippen LogP) is 3.12. The highest BCUT2D eigenvalue weighted by Crippen LogP contribution is 2.31. The standard InChI is InChI=1S/C24H32N8OS/c1-31-22(28-20-10-11-26-30-20)16-21(25-12-15-32-13-2-3-14-32)29-24(31)34-19-8-6-18(7-9-19)27-23(33)17-4-5-17/h6-11,16-17,22,25H,2-5,12-15H2,1H3,(H,27,33)(H2,26,28,30). The topological polar surface area (TPSA) is 101 Å². The Labute approximate surface area is 204 Å². The monoisotopic (exact) mass is 480 g/mol. The first-order valence-corrected chi connectivity index (χ1v) is 12.8. The second kappa shape index (κ2) is 10.5. The zero-order valence-corrected chi connectivity index (χ0v) is 20.3. The molecule has 2 aliphatic heterocycles. The molecule has 1 unspecified atom stereocenters. The van der Waals surface area contributed by atoms with Gasteiger partial charge in [0.05, 0.1) is 6.20 Å². The van der Waals surface area contributed by atoms with E-state index >= 15 is 0 Å². The molecule has 1 aliphatic carbocycles. The van der Waals surface area contributed by atoms with Gasteiger partial charge in [0, 0.05) is 42.7 Å². The van der Waals surface area contributed by atoms with Crippen molar-refractivity contribution in [1.82, 2.24) is 25.3 Å². The molecule has 2 fully saturated rings. The molecule has 1 saturated carbocycles. The Bertz CT molecular complexity index is 1030. The molecule has 9 nitrogen and oxygen atoms in total. The Hall–Kier alpha value is -2.98. The molecular formula is C24H32N8OS. The number of thioether (sulfide) groups is 1. The summed E-state index contributed by atoms with van der Waals surface area (Å²) in [5.74, 6) is 2.04. The number of hydrogen-bond acceptors (Lipinski definition) is 8. The molecule has 0 spiro atoms. The van der Waals surface area contributed by atoms with Crippen molar-refractivity contribution in [2.75, 3.05) is 43.9 Å². The number of likely N-dealkylation sites (tertiary alicyclic amines) is 1. The lowest BCUT2D eigenvalue weighted by molar-refractivity contribution is -0.117. The Morgan fingerprint density at radius 2 is 1.97 bits per heavy atom. The van der Waals surface area contributed by atoms with Gasteiger partial charge in [0.25, 0.3) is 0 Å². The molecule has 1 aromatic heterocycles. The maximum Gasteiger partial charge on any atom is 0.227 e. The average Bonchev–Trinajstić information content (AvgIpc) is 3.32. The number of nitrogens with one attached hydrogen (secondary N) is 4. The minimum absolute atomic E-state index is 0.0770. The molecule has 10 heteroatoms. The Balaban J connectivity index is 1.25. The van der Waals surface area contributed by atoms with Crippen LogP contribution in [0.4, 0.5) is 11.5 Å². The van der Waals surface area contributed by atoms with Crippen LogP contribution < -0.4 is 16.0 Å². The molecule has 34 heavy (non-hydrogen) atoms. The number of carbonyl (C=O) groups is 1. The third-order valence-corrected chi connectivity index (χ3v) is 7.34. The van der Waals surface area contributed by atoms with Gasteiger partial charge in [-0.05, 0) is 69.1 Å². The maximum absolute atomic E-state index is 12.0. The highest BCUT2D eigenvalue weighted by Gasteiger charge is 2.29. The van der Waals surface area contributed by atoms with E-state index in [1.807, 2.05) is 37.4 Å². The molecule has 3 aliphatic rings. The molecule has 1 amide bonds. The van der Waals surface area contributed by atoms with Crippen LogP contribution in [-0.2, 0) is 4.79 Å². The fourth-order valence-electron chi connectivity index (χ4n) is 4.08. The number of aromatic amines is 1. The summed E-state index contributed by atoms with van der Waals surface area (Å²) >= 11 is 1.60. The highest BCUT2D eigenvalue weighted by atomic mass is 32.2. The van der Waals surface area contributed by atoms with Gasteiger partial charge in [-0.1, -0.05) is 11.8 Å². The van der Waals surface area contributed by atoms with Crippen LogP contribution in [-0.4, -0.2) is 70.5 Å². The van der Waals surface area contributed by atoms with Crippen LogP contribution in [0, 0.1) is 5.92 Å². The number of hydrogen-bond donors (Lipinski definition) is 4. The molecule has 0 radical (unpaired) electrons. The second-order valence-corrected chi connectivity index (χ2v) is 10.0. The van der Waals surface area contributed by atoms with E-state index in [4.69, 9.17) is 4.99 Å². The minimum Gasteiger partial charge on any atom is -0.369 e. The van der Waals surface area contributed by atoms with Gasteiger partial charge in [-0.3, -0.25) is 9.89 Å². The van der Waals surface area contributed by atoms with Gasteiger partial charge in [0.15, 0.2) is 5.17 Å². The molecule has 4 N–H and O–H groups in total. The largest absolute Gasteiger partial charge is 0.369 e. The molecule has 5 rings (SSSR count). The summed E-state index contributed by atoms with van der Waals surface area (Å²) < 4.78 is 0. The van der Waals surface area contributed by atoms with Gasteiger partial charge in [-0.2, -0.15) is 5.10 Å². The molecular weight excluding hydrogens is 448 g/mol. The van der Waals surface area contributed by atoms with Crippen molar-refractivity contribution < 1.29 is 4.79 Å². The first-order chi connectivity index (χ1) is 16.6. The number of likely N-dealkylation sites (N-methyl/N-ethyl adjacent to an activating group) is 1. The summed E-state index contributed by atoms with van der Waals surface area (Å²) in [6.45, 7) is 4.27. The normalized spacial score (nSPS) is 20.6. The van der Waals surface area contributed by atoms with E-state index in [0.29, 0.717) is 0 Å². The Morgan fingerprint density at radius 3 is 2.68 bits per heavy atom. The van der Waals surface area contributed by atoms with Crippen molar-refractivity contribution in [2.45, 2.75) is 36.7 Å². The lowest BCUT2D eigenvalue weighted by atomic mass is 10.3. The number of aliphatic imine (C=N–C) groups is 1. The van der Waals surface area contributed by atoms with E-state index in [-0.39, 0.29) is 18.0 Å². The molecule has 1 atom stereocenters. The van der Waals surface area contributed by atoms with E-state index in [9.17, 15) is 4.79 Å². The summed E-state index contributed by atoms with van der Waals surface area (Å²) in [7, 11) is 2.03. The van der Waals surface area contributed by atoms with Crippen molar-refractivity contribution in [3.05, 3.63) is 48.4 Å². The van der Waals surface area contributed by atoms with Crippen molar-refractivity contribution >= 4 is 34.3 Å². The predicted molar refractivity (Wildman–Crippen MR) is 137 cm³/mol. The lowest BCUT2D eigenvalue weighted by Gasteiger charge is -2.33. The van der Waals surface area contributed by atoms with Crippen LogP contribution in [0.2, 0.25) is 0 Å². The number of carbonyl (C=O) groups excluding carboxylic acids is 1. The van der Waals surface area contributed by atoms with Crippen molar-refractivity contribution in [2.24, 2.45) is 10.9 Å². The fraction of sp³-hybridized carbons (Fsp3) is 0.458. The zero-order valence-electron chi connectivity index (χ0n) is 19.5. The summed E-state index contributed by atoms with van der Waals surface area (Å²) in [5, 5.41) is 17.9. The molecule has 3 heterocycles. The summed E-state index contributed by atoms with van der Waals surface area (Å²) in [6, 6.07) is 9.88. The number of benzene rings is 1. The molecule has 1 saturated heterocycles. The number of amidine groups is 1. The quantitative estimate of drug-likeness (QED) is 0.438. The van der Waals surface area contributed by atoms with E-state index in [2.05, 4.69) is 42.0 Å². The second-order valence-electron chi connectivity index (χ2n) is 8.98. The number of anilines is 2. The van der Waals surface area contributed by atoms with Crippen LogP contribution in [0.15, 0.2) is 58.3 Å². The van der Waals surface area contributed by atoms with Gasteiger partial charge in [0.2, 0.25) is 5.91 Å². The summed E-state index contributed by atoms with van der Waals surface area (Å²) in [4.78, 5) is 22.6. The average molecular weight is 481 g/mol. The Morgan fingerprint density at radius 1 is 1.18 bits per heavy atom. The minimum atomic E-state index is -0.0770. The number of H-pyrrole nitrogens is 1. The summed E-state index contributed by atoms with van der Waals surface area (Å²) in [5.41, 5.74) is 0.836. The van der Waals surface area contributed by atoms with Crippen LogP contribution in [0.3, 0.4) is 0 Å². The Kier molecular flexibility index (Phi) is 7.05. The van der Waals surface area contributed by atoms with Gasteiger partial charge in [-0.25, -0.2) is 4.99 Å². The van der Waals surface area contributed by atoms with Gasteiger partial charge < -0.3 is 25.8 Å². The number of rotatable bonds is 9. The van der Waals surface area contributed by atoms with E-state index in [1.54, 1.807) is 18.0 Å². The van der Waals surface area contributed by atoms with Crippen LogP contribution in [0.25, 0.3) is 0 Å². The molecule has 180 valence electrons. The van der Waals surface area contributed by atoms with E-state index < -0.39 is 0 Å². The van der Waals surface area contributed by atoms with Crippen molar-refractivity contribution in [3.63, 3.8) is 0 Å². The van der Waals surface area contributed by atoms with Gasteiger partial charge in [-0.15, -0.1) is 0 Å². The van der Waals surface area contributed by atoms with Gasteiger partial charge in [0.1, 0.15) is 17.8 Å². The van der Waals surface area contributed by atoms with Crippen molar-refractivity contribution in [3.8, 4) is 0 Å². The third-order valence-electron chi connectivity index (χ3n) is 6.27. The number of nitrogens with zero attached hydrogens (tertiary/aromatic N) is 4.